The molecule has 0 unspecified atom stereocenters. The van der Waals surface area contributed by atoms with Crippen LogP contribution in [0.2, 0.25) is 0 Å². The summed E-state index contributed by atoms with van der Waals surface area (Å²) in [4.78, 5) is 8.35. The second kappa shape index (κ2) is 3.20. The van der Waals surface area contributed by atoms with E-state index >= 15 is 0 Å². The van der Waals surface area contributed by atoms with Crippen LogP contribution in [0.4, 0.5) is 0 Å². The normalized spacial score (nSPS) is 16.9. The third-order valence-corrected chi connectivity index (χ3v) is 3.43. The van der Waals surface area contributed by atoms with Crippen molar-refractivity contribution >= 4 is 21.6 Å². The van der Waals surface area contributed by atoms with Crippen LogP contribution in [-0.2, 0) is 0 Å². The molecule has 4 heteroatoms. The smallest absolute Gasteiger partial charge is 0.235 e. The monoisotopic (exact) mass is 206 g/mol. The van der Waals surface area contributed by atoms with Gasteiger partial charge in [-0.3, -0.25) is 0 Å². The molecule has 3 rings (SSSR count). The number of ether oxygens (including phenoxy) is 1. The van der Waals surface area contributed by atoms with Crippen molar-refractivity contribution in [3.05, 3.63) is 17.8 Å². The summed E-state index contributed by atoms with van der Waals surface area (Å²) in [6.07, 6.45) is 5.57. The lowest BCUT2D eigenvalue weighted by atomic mass is 9.96. The highest BCUT2D eigenvalue weighted by molar-refractivity contribution is 7.17. The van der Waals surface area contributed by atoms with Crippen LogP contribution in [0.15, 0.2) is 17.8 Å². The van der Waals surface area contributed by atoms with E-state index in [1.807, 2.05) is 11.4 Å². The van der Waals surface area contributed by atoms with E-state index < -0.39 is 0 Å². The SMILES string of the molecule is c1nc(OC2CCC2)c2sccc2n1. The Hall–Kier alpha value is -1.16. The quantitative estimate of drug-likeness (QED) is 0.757. The summed E-state index contributed by atoms with van der Waals surface area (Å²) in [7, 11) is 0. The lowest BCUT2D eigenvalue weighted by Gasteiger charge is -2.25. The average Bonchev–Trinajstić information content (AvgIpc) is 2.59. The highest BCUT2D eigenvalue weighted by Crippen LogP contribution is 2.30. The molecule has 14 heavy (non-hydrogen) atoms. The fourth-order valence-electron chi connectivity index (χ4n) is 1.50. The third kappa shape index (κ3) is 1.26. The van der Waals surface area contributed by atoms with E-state index in [0.717, 1.165) is 28.9 Å². The Morgan fingerprint density at radius 2 is 2.29 bits per heavy atom. The Bertz CT molecular complexity index is 450. The largest absolute Gasteiger partial charge is 0.473 e. The zero-order valence-corrected chi connectivity index (χ0v) is 8.46. The van der Waals surface area contributed by atoms with Crippen LogP contribution >= 0.6 is 11.3 Å². The van der Waals surface area contributed by atoms with Gasteiger partial charge in [0.15, 0.2) is 0 Å². The lowest BCUT2D eigenvalue weighted by Crippen LogP contribution is -2.24. The first-order chi connectivity index (χ1) is 6.93. The van der Waals surface area contributed by atoms with E-state index in [1.165, 1.54) is 6.42 Å². The van der Waals surface area contributed by atoms with Crippen LogP contribution in [0.1, 0.15) is 19.3 Å². The fourth-order valence-corrected chi connectivity index (χ4v) is 2.27. The van der Waals surface area contributed by atoms with Crippen molar-refractivity contribution in [2.24, 2.45) is 0 Å². The molecular formula is C10H10N2OS. The zero-order valence-electron chi connectivity index (χ0n) is 7.64. The molecule has 1 fully saturated rings. The van der Waals surface area contributed by atoms with Crippen LogP contribution in [0.25, 0.3) is 10.2 Å². The maximum Gasteiger partial charge on any atom is 0.235 e. The van der Waals surface area contributed by atoms with E-state index in [-0.39, 0.29) is 0 Å². The molecule has 1 aliphatic rings. The summed E-state index contributed by atoms with van der Waals surface area (Å²) in [6, 6.07) is 2.00. The van der Waals surface area contributed by atoms with Crippen molar-refractivity contribution in [2.75, 3.05) is 0 Å². The Kier molecular flexibility index (Phi) is 1.87. The van der Waals surface area contributed by atoms with Crippen LogP contribution in [0, 0.1) is 0 Å². The van der Waals surface area contributed by atoms with Gasteiger partial charge in [-0.2, -0.15) is 0 Å². The first-order valence-corrected chi connectivity index (χ1v) is 5.66. The van der Waals surface area contributed by atoms with E-state index in [4.69, 9.17) is 4.74 Å². The van der Waals surface area contributed by atoms with Gasteiger partial charge in [0.05, 0.1) is 5.52 Å². The predicted octanol–water partition coefficient (Wildman–Crippen LogP) is 2.62. The van der Waals surface area contributed by atoms with Crippen molar-refractivity contribution in [3.63, 3.8) is 0 Å². The van der Waals surface area contributed by atoms with Crippen LogP contribution < -0.4 is 4.74 Å². The van der Waals surface area contributed by atoms with Crippen molar-refractivity contribution < 1.29 is 4.74 Å². The van der Waals surface area contributed by atoms with Crippen LogP contribution in [0.5, 0.6) is 5.88 Å². The second-order valence-corrected chi connectivity index (χ2v) is 4.40. The Morgan fingerprint density at radius 1 is 1.36 bits per heavy atom. The van der Waals surface area contributed by atoms with Gasteiger partial charge < -0.3 is 4.74 Å². The number of hydrogen-bond acceptors (Lipinski definition) is 4. The number of nitrogens with zero attached hydrogens (tertiary/aromatic N) is 2. The lowest BCUT2D eigenvalue weighted by molar-refractivity contribution is 0.117. The number of aromatic nitrogens is 2. The van der Waals surface area contributed by atoms with Crippen molar-refractivity contribution in [3.8, 4) is 5.88 Å². The summed E-state index contributed by atoms with van der Waals surface area (Å²) in [6.45, 7) is 0. The predicted molar refractivity (Wildman–Crippen MR) is 55.7 cm³/mol. The number of fused-ring (bicyclic) bond motifs is 1. The van der Waals surface area contributed by atoms with E-state index in [2.05, 4.69) is 9.97 Å². The Balaban J connectivity index is 1.97. The summed E-state index contributed by atoms with van der Waals surface area (Å²) in [5, 5.41) is 2.02. The minimum atomic E-state index is 0.384. The topological polar surface area (TPSA) is 35.0 Å². The van der Waals surface area contributed by atoms with E-state index in [9.17, 15) is 0 Å². The standard InChI is InChI=1S/C10H10N2OS/c1-2-7(3-1)13-10-9-8(4-5-14-9)11-6-12-10/h4-7H,1-3H2. The molecular weight excluding hydrogens is 196 g/mol. The van der Waals surface area contributed by atoms with Gasteiger partial charge in [-0.05, 0) is 30.7 Å². The minimum absolute atomic E-state index is 0.384. The fraction of sp³-hybridized carbons (Fsp3) is 0.400. The van der Waals surface area contributed by atoms with Gasteiger partial charge >= 0.3 is 0 Å². The van der Waals surface area contributed by atoms with Gasteiger partial charge in [-0.1, -0.05) is 0 Å². The number of hydrogen-bond donors (Lipinski definition) is 0. The zero-order chi connectivity index (χ0) is 9.38. The van der Waals surface area contributed by atoms with Gasteiger partial charge in [0.25, 0.3) is 0 Å². The third-order valence-electron chi connectivity index (χ3n) is 2.54. The maximum atomic E-state index is 5.78. The van der Waals surface area contributed by atoms with Crippen LogP contribution in [0.3, 0.4) is 0 Å². The highest BCUT2D eigenvalue weighted by Gasteiger charge is 2.20. The summed E-state index contributed by atoms with van der Waals surface area (Å²) < 4.78 is 6.85. The molecule has 0 amide bonds. The van der Waals surface area contributed by atoms with Gasteiger partial charge in [0.1, 0.15) is 17.1 Å². The molecule has 1 saturated carbocycles. The average molecular weight is 206 g/mol. The van der Waals surface area contributed by atoms with Gasteiger partial charge in [-0.15, -0.1) is 11.3 Å². The van der Waals surface area contributed by atoms with E-state index in [0.29, 0.717) is 6.10 Å². The summed E-state index contributed by atoms with van der Waals surface area (Å²) >= 11 is 1.64. The first-order valence-electron chi connectivity index (χ1n) is 4.78. The molecule has 0 aromatic carbocycles. The van der Waals surface area contributed by atoms with Crippen LogP contribution in [-0.4, -0.2) is 16.1 Å². The van der Waals surface area contributed by atoms with Crippen molar-refractivity contribution in [1.29, 1.82) is 0 Å². The molecule has 0 aliphatic heterocycles. The highest BCUT2D eigenvalue weighted by atomic mass is 32.1. The molecule has 2 heterocycles. The summed E-state index contributed by atoms with van der Waals surface area (Å²) in [5.41, 5.74) is 0.985. The molecule has 0 saturated heterocycles. The van der Waals surface area contributed by atoms with Crippen molar-refractivity contribution in [2.45, 2.75) is 25.4 Å². The molecule has 1 aliphatic carbocycles. The van der Waals surface area contributed by atoms with E-state index in [1.54, 1.807) is 17.7 Å². The molecule has 72 valence electrons. The van der Waals surface area contributed by atoms with Gasteiger partial charge in [-0.25, -0.2) is 9.97 Å². The molecule has 2 aromatic rings. The van der Waals surface area contributed by atoms with Gasteiger partial charge in [0, 0.05) is 0 Å². The molecule has 2 aromatic heterocycles. The Morgan fingerprint density at radius 3 is 3.07 bits per heavy atom. The molecule has 3 nitrogen and oxygen atoms in total. The maximum absolute atomic E-state index is 5.78. The number of thiophene rings is 1. The van der Waals surface area contributed by atoms with Gasteiger partial charge in [0.2, 0.25) is 5.88 Å². The molecule has 0 radical (unpaired) electrons. The second-order valence-electron chi connectivity index (χ2n) is 3.48. The van der Waals surface area contributed by atoms with Crippen molar-refractivity contribution in [1.82, 2.24) is 9.97 Å². The molecule has 0 spiro atoms. The molecule has 0 bridgehead atoms. The Labute approximate surface area is 85.8 Å². The first kappa shape index (κ1) is 8.17. The molecule has 0 atom stereocenters. The minimum Gasteiger partial charge on any atom is -0.473 e. The molecule has 0 N–H and O–H groups in total. The summed E-state index contributed by atoms with van der Waals surface area (Å²) in [5.74, 6) is 0.759. The number of rotatable bonds is 2.